The first kappa shape index (κ1) is 33.2. The Kier molecular flexibility index (Phi) is 9.85. The Hall–Kier alpha value is -4.20. The van der Waals surface area contributed by atoms with Gasteiger partial charge in [-0.15, -0.1) is 0 Å². The molecule has 0 unspecified atom stereocenters. The van der Waals surface area contributed by atoms with Gasteiger partial charge in [0.25, 0.3) is 5.91 Å². The molecule has 0 bridgehead atoms. The third kappa shape index (κ3) is 7.43. The molecule has 1 aromatic heterocycles. The number of aliphatic carboxylic acids is 1. The van der Waals surface area contributed by atoms with E-state index in [1.165, 1.54) is 38.5 Å². The van der Waals surface area contributed by atoms with Crippen LogP contribution in [0.5, 0.6) is 5.75 Å². The van der Waals surface area contributed by atoms with Crippen LogP contribution in [0.4, 0.5) is 8.78 Å². The number of nitrogens with one attached hydrogen (secondary N) is 1. The summed E-state index contributed by atoms with van der Waals surface area (Å²) in [7, 11) is 0. The molecule has 3 aromatic carbocycles. The largest absolute Gasteiger partial charge is 0.478 e. The molecule has 1 amide bonds. The van der Waals surface area contributed by atoms with Crippen molar-refractivity contribution in [2.75, 3.05) is 0 Å². The van der Waals surface area contributed by atoms with Gasteiger partial charge in [0.2, 0.25) is 0 Å². The lowest BCUT2D eigenvalue weighted by molar-refractivity contribution is -0.152. The maximum atomic E-state index is 14.7. The van der Waals surface area contributed by atoms with Gasteiger partial charge in [0.05, 0.1) is 6.04 Å². The number of benzene rings is 3. The highest BCUT2D eigenvalue weighted by molar-refractivity contribution is 5.99. The first-order chi connectivity index (χ1) is 21.8. The number of aromatic nitrogens is 1. The Morgan fingerprint density at radius 2 is 1.76 bits per heavy atom. The summed E-state index contributed by atoms with van der Waals surface area (Å²) in [4.78, 5) is 25.1. The molecule has 0 radical (unpaired) electrons. The monoisotopic (exact) mass is 630 g/mol. The number of ether oxygens (including phenoxy) is 1. The third-order valence-corrected chi connectivity index (χ3v) is 9.23. The summed E-state index contributed by atoms with van der Waals surface area (Å²) in [5.41, 5.74) is 4.32. The SMILES string of the molecule is CCCCc1cc(F)cc([C@H](C)NC(=O)c2ccc3c(Cc4cc(F)cc(OC(C)(C)C(=O)O)c4)c(C)n(CC4CCC4)c3c2)c1. The highest BCUT2D eigenvalue weighted by Gasteiger charge is 2.30. The normalized spacial score (nSPS) is 14.2. The first-order valence-electron chi connectivity index (χ1n) is 16.3. The number of carboxylic acid groups (broad SMARTS) is 1. The molecular formula is C38H44F2N2O4. The topological polar surface area (TPSA) is 80.6 Å². The number of carbonyl (C=O) groups excluding carboxylic acids is 1. The number of fused-ring (bicyclic) bond motifs is 1. The molecule has 1 heterocycles. The Labute approximate surface area is 269 Å². The number of hydrogen-bond donors (Lipinski definition) is 2. The lowest BCUT2D eigenvalue weighted by Gasteiger charge is -2.27. The molecule has 0 aliphatic heterocycles. The molecule has 1 aliphatic carbocycles. The lowest BCUT2D eigenvalue weighted by Crippen LogP contribution is -2.37. The summed E-state index contributed by atoms with van der Waals surface area (Å²) in [6.07, 6.45) is 6.72. The van der Waals surface area contributed by atoms with Gasteiger partial charge in [-0.1, -0.05) is 31.9 Å². The Balaban J connectivity index is 1.45. The summed E-state index contributed by atoms with van der Waals surface area (Å²) in [6, 6.07) is 14.6. The van der Waals surface area contributed by atoms with E-state index in [0.717, 1.165) is 71.9 Å². The number of carboxylic acids is 1. The van der Waals surface area contributed by atoms with Gasteiger partial charge in [0, 0.05) is 41.2 Å². The second-order valence-electron chi connectivity index (χ2n) is 13.3. The van der Waals surface area contributed by atoms with Crippen molar-refractivity contribution in [3.05, 3.63) is 99.7 Å². The van der Waals surface area contributed by atoms with Crippen LogP contribution in [0.25, 0.3) is 10.9 Å². The summed E-state index contributed by atoms with van der Waals surface area (Å²) in [5.74, 6) is -1.48. The quantitative estimate of drug-likeness (QED) is 0.155. The average Bonchev–Trinajstić information content (AvgIpc) is 3.22. The van der Waals surface area contributed by atoms with E-state index >= 15 is 0 Å². The van der Waals surface area contributed by atoms with E-state index < -0.39 is 17.4 Å². The minimum Gasteiger partial charge on any atom is -0.478 e. The van der Waals surface area contributed by atoms with E-state index in [4.69, 9.17) is 4.74 Å². The maximum Gasteiger partial charge on any atom is 0.347 e. The first-order valence-corrected chi connectivity index (χ1v) is 16.3. The van der Waals surface area contributed by atoms with E-state index in [0.29, 0.717) is 23.5 Å². The van der Waals surface area contributed by atoms with Gasteiger partial charge in [-0.3, -0.25) is 4.79 Å². The van der Waals surface area contributed by atoms with E-state index in [-0.39, 0.29) is 23.5 Å². The van der Waals surface area contributed by atoms with Gasteiger partial charge in [0.1, 0.15) is 17.4 Å². The molecule has 8 heteroatoms. The van der Waals surface area contributed by atoms with Crippen molar-refractivity contribution in [2.45, 2.75) is 97.8 Å². The molecule has 46 heavy (non-hydrogen) atoms. The van der Waals surface area contributed by atoms with Crippen LogP contribution in [0, 0.1) is 24.5 Å². The highest BCUT2D eigenvalue weighted by Crippen LogP contribution is 2.35. The minimum absolute atomic E-state index is 0.155. The van der Waals surface area contributed by atoms with Gasteiger partial charge in [-0.05, 0) is 118 Å². The van der Waals surface area contributed by atoms with Crippen LogP contribution < -0.4 is 10.1 Å². The molecule has 2 N–H and O–H groups in total. The van der Waals surface area contributed by atoms with Crippen molar-refractivity contribution >= 4 is 22.8 Å². The molecule has 1 atom stereocenters. The fraction of sp³-hybridized carbons (Fsp3) is 0.421. The highest BCUT2D eigenvalue weighted by atomic mass is 19.1. The molecular weight excluding hydrogens is 586 g/mol. The fourth-order valence-electron chi connectivity index (χ4n) is 6.22. The molecule has 1 saturated carbocycles. The summed E-state index contributed by atoms with van der Waals surface area (Å²) >= 11 is 0. The molecule has 0 saturated heterocycles. The van der Waals surface area contributed by atoms with Gasteiger partial charge >= 0.3 is 5.97 Å². The molecule has 244 valence electrons. The van der Waals surface area contributed by atoms with Crippen LogP contribution >= 0.6 is 0 Å². The van der Waals surface area contributed by atoms with Crippen LogP contribution in [0.3, 0.4) is 0 Å². The van der Waals surface area contributed by atoms with Crippen LogP contribution in [0.1, 0.15) is 104 Å². The van der Waals surface area contributed by atoms with Crippen molar-refractivity contribution in [1.29, 1.82) is 0 Å². The molecule has 4 aromatic rings. The van der Waals surface area contributed by atoms with Crippen molar-refractivity contribution in [3.8, 4) is 5.75 Å². The molecule has 1 aliphatic rings. The zero-order valence-electron chi connectivity index (χ0n) is 27.4. The van der Waals surface area contributed by atoms with E-state index in [2.05, 4.69) is 23.7 Å². The molecule has 5 rings (SSSR count). The van der Waals surface area contributed by atoms with Crippen molar-refractivity contribution in [1.82, 2.24) is 9.88 Å². The molecule has 1 fully saturated rings. The smallest absolute Gasteiger partial charge is 0.347 e. The fourth-order valence-corrected chi connectivity index (χ4v) is 6.22. The maximum absolute atomic E-state index is 14.7. The zero-order valence-corrected chi connectivity index (χ0v) is 27.4. The van der Waals surface area contributed by atoms with Crippen molar-refractivity contribution in [3.63, 3.8) is 0 Å². The summed E-state index contributed by atoms with van der Waals surface area (Å²) in [6.45, 7) is 9.71. The van der Waals surface area contributed by atoms with Gasteiger partial charge in [-0.2, -0.15) is 0 Å². The second-order valence-corrected chi connectivity index (χ2v) is 13.3. The molecule has 0 spiro atoms. The van der Waals surface area contributed by atoms with Gasteiger partial charge in [-0.25, -0.2) is 13.6 Å². The molecule has 6 nitrogen and oxygen atoms in total. The number of rotatable bonds is 13. The summed E-state index contributed by atoms with van der Waals surface area (Å²) < 4.78 is 37.0. The number of carbonyl (C=O) groups is 2. The number of unbranched alkanes of at least 4 members (excludes halogenated alkanes) is 1. The van der Waals surface area contributed by atoms with Crippen molar-refractivity contribution in [2.24, 2.45) is 5.92 Å². The Bertz CT molecular complexity index is 1760. The number of aryl methyl sites for hydroxylation is 1. The van der Waals surface area contributed by atoms with E-state index in [9.17, 15) is 23.5 Å². The number of halogens is 2. The lowest BCUT2D eigenvalue weighted by atomic mass is 9.85. The van der Waals surface area contributed by atoms with Crippen LogP contribution in [0.15, 0.2) is 54.6 Å². The standard InChI is InChI=1S/C38H44F2N2O4/c1-6-7-9-26-14-29(19-30(39)15-26)23(2)41-36(43)28-12-13-33-34(24(3)42(35(33)20-28)22-25-10-8-11-25)18-27-16-31(40)21-32(17-27)46-38(4,5)37(44)45/h12-17,19-21,23,25H,6-11,18,22H2,1-5H3,(H,41,43)(H,44,45)/t23-/m0/s1. The third-order valence-electron chi connectivity index (χ3n) is 9.23. The predicted molar refractivity (Wildman–Crippen MR) is 176 cm³/mol. The number of nitrogens with zero attached hydrogens (tertiary/aromatic N) is 1. The zero-order chi connectivity index (χ0) is 33.2. The van der Waals surface area contributed by atoms with Gasteiger partial charge < -0.3 is 19.7 Å². The predicted octanol–water partition coefficient (Wildman–Crippen LogP) is 8.69. The van der Waals surface area contributed by atoms with E-state index in [1.807, 2.05) is 25.1 Å². The van der Waals surface area contributed by atoms with Crippen molar-refractivity contribution < 1.29 is 28.2 Å². The second kappa shape index (κ2) is 13.7. The van der Waals surface area contributed by atoms with E-state index in [1.54, 1.807) is 18.2 Å². The summed E-state index contributed by atoms with van der Waals surface area (Å²) in [5, 5.41) is 13.5. The minimum atomic E-state index is -1.51. The Morgan fingerprint density at radius 1 is 1.04 bits per heavy atom. The van der Waals surface area contributed by atoms with Gasteiger partial charge in [0.15, 0.2) is 5.60 Å². The number of hydrogen-bond acceptors (Lipinski definition) is 3. The van der Waals surface area contributed by atoms with Crippen LogP contribution in [-0.4, -0.2) is 27.2 Å². The Morgan fingerprint density at radius 3 is 2.43 bits per heavy atom. The number of amides is 1. The average molecular weight is 631 g/mol. The van der Waals surface area contributed by atoms with Crippen LogP contribution in [-0.2, 0) is 24.2 Å². The van der Waals surface area contributed by atoms with Crippen LogP contribution in [0.2, 0.25) is 0 Å².